The van der Waals surface area contributed by atoms with Crippen molar-refractivity contribution in [2.45, 2.75) is 39.4 Å². The molecule has 1 heterocycles. The number of carbonyl (C=O) groups is 1. The van der Waals surface area contributed by atoms with Crippen LogP contribution in [-0.2, 0) is 24.8 Å². The quantitative estimate of drug-likeness (QED) is 0.852. The van der Waals surface area contributed by atoms with Gasteiger partial charge in [-0.25, -0.2) is 9.48 Å². The van der Waals surface area contributed by atoms with Crippen LogP contribution in [0.25, 0.3) is 11.1 Å². The minimum Gasteiger partial charge on any atom is -0.444 e. The van der Waals surface area contributed by atoms with Crippen LogP contribution in [0.4, 0.5) is 4.79 Å². The molecule has 7 heteroatoms. The second-order valence-corrected chi connectivity index (χ2v) is 7.01. The van der Waals surface area contributed by atoms with Gasteiger partial charge in [0.15, 0.2) is 0 Å². The van der Waals surface area contributed by atoms with E-state index < -0.39 is 11.7 Å². The van der Waals surface area contributed by atoms with Gasteiger partial charge >= 0.3 is 6.09 Å². The number of ether oxygens (including phenoxy) is 1. The van der Waals surface area contributed by atoms with E-state index in [9.17, 15) is 14.7 Å². The van der Waals surface area contributed by atoms with E-state index in [2.05, 4.69) is 10.4 Å². The lowest BCUT2D eigenvalue weighted by molar-refractivity contribution is 0.0528. The van der Waals surface area contributed by atoms with E-state index in [1.165, 1.54) is 10.9 Å². The SMILES string of the molecule is Cn1ncc(CO)c(-c2ccc(CCNC(=O)OC(C)(C)C)cc2)c1=O. The molecule has 26 heavy (non-hydrogen) atoms. The molecule has 0 aliphatic heterocycles. The largest absolute Gasteiger partial charge is 0.444 e. The third kappa shape index (κ3) is 5.16. The maximum atomic E-state index is 12.3. The molecule has 0 atom stereocenters. The van der Waals surface area contributed by atoms with Crippen molar-refractivity contribution in [3.63, 3.8) is 0 Å². The standard InChI is InChI=1S/C19H25N3O4/c1-19(2,3)26-18(25)20-10-9-13-5-7-14(8-6-13)16-15(12-23)11-21-22(4)17(16)24/h5-8,11,23H,9-10,12H2,1-4H3,(H,20,25). The number of aromatic nitrogens is 2. The van der Waals surface area contributed by atoms with Crippen molar-refractivity contribution < 1.29 is 14.6 Å². The molecule has 0 aliphatic carbocycles. The fourth-order valence-electron chi connectivity index (χ4n) is 2.46. The molecule has 1 aromatic heterocycles. The summed E-state index contributed by atoms with van der Waals surface area (Å²) in [6.07, 6.45) is 1.69. The number of aryl methyl sites for hydroxylation is 1. The predicted octanol–water partition coefficient (Wildman–Crippen LogP) is 2.01. The molecule has 0 bridgehead atoms. The highest BCUT2D eigenvalue weighted by Gasteiger charge is 2.15. The molecule has 7 nitrogen and oxygen atoms in total. The maximum absolute atomic E-state index is 12.3. The fraction of sp³-hybridized carbons (Fsp3) is 0.421. The van der Waals surface area contributed by atoms with Gasteiger partial charge in [0.1, 0.15) is 5.60 Å². The van der Waals surface area contributed by atoms with Gasteiger partial charge in [-0.2, -0.15) is 5.10 Å². The second-order valence-electron chi connectivity index (χ2n) is 7.01. The molecule has 0 aliphatic rings. The number of aliphatic hydroxyl groups excluding tert-OH is 1. The Morgan fingerprint density at radius 1 is 1.27 bits per heavy atom. The first-order chi connectivity index (χ1) is 12.2. The van der Waals surface area contributed by atoms with Crippen LogP contribution < -0.4 is 10.9 Å². The molecule has 1 amide bonds. The van der Waals surface area contributed by atoms with Crippen molar-refractivity contribution >= 4 is 6.09 Å². The molecule has 2 aromatic rings. The molecule has 2 N–H and O–H groups in total. The van der Waals surface area contributed by atoms with Crippen molar-refractivity contribution in [1.29, 1.82) is 0 Å². The van der Waals surface area contributed by atoms with Crippen LogP contribution in [0.15, 0.2) is 35.3 Å². The highest BCUT2D eigenvalue weighted by atomic mass is 16.6. The molecule has 0 saturated heterocycles. The van der Waals surface area contributed by atoms with Gasteiger partial charge in [-0.1, -0.05) is 24.3 Å². The third-order valence-electron chi connectivity index (χ3n) is 3.71. The van der Waals surface area contributed by atoms with E-state index in [0.717, 1.165) is 11.1 Å². The van der Waals surface area contributed by atoms with Gasteiger partial charge < -0.3 is 15.2 Å². The average Bonchev–Trinajstić information content (AvgIpc) is 2.56. The summed E-state index contributed by atoms with van der Waals surface area (Å²) in [7, 11) is 1.57. The zero-order chi connectivity index (χ0) is 19.3. The Morgan fingerprint density at radius 3 is 2.50 bits per heavy atom. The first-order valence-electron chi connectivity index (χ1n) is 8.43. The van der Waals surface area contributed by atoms with E-state index >= 15 is 0 Å². The van der Waals surface area contributed by atoms with Crippen LogP contribution in [0.1, 0.15) is 31.9 Å². The van der Waals surface area contributed by atoms with E-state index in [4.69, 9.17) is 4.74 Å². The van der Waals surface area contributed by atoms with Crippen LogP contribution in [0, 0.1) is 0 Å². The molecule has 0 spiro atoms. The monoisotopic (exact) mass is 359 g/mol. The lowest BCUT2D eigenvalue weighted by Crippen LogP contribution is -2.33. The van der Waals surface area contributed by atoms with Crippen molar-refractivity contribution in [1.82, 2.24) is 15.1 Å². The second kappa shape index (κ2) is 8.14. The summed E-state index contributed by atoms with van der Waals surface area (Å²) in [5, 5.41) is 16.1. The topological polar surface area (TPSA) is 93.5 Å². The molecule has 0 saturated carbocycles. The Hall–Kier alpha value is -2.67. The summed E-state index contributed by atoms with van der Waals surface area (Å²) < 4.78 is 6.43. The summed E-state index contributed by atoms with van der Waals surface area (Å²) in [6, 6.07) is 7.46. The van der Waals surface area contributed by atoms with Crippen LogP contribution in [-0.4, -0.2) is 33.1 Å². The van der Waals surface area contributed by atoms with Gasteiger partial charge in [0.25, 0.3) is 5.56 Å². The van der Waals surface area contributed by atoms with Crippen LogP contribution >= 0.6 is 0 Å². The third-order valence-corrected chi connectivity index (χ3v) is 3.71. The number of alkyl carbamates (subject to hydrolysis) is 1. The normalized spacial score (nSPS) is 11.3. The van der Waals surface area contributed by atoms with E-state index in [1.807, 2.05) is 45.0 Å². The number of nitrogens with one attached hydrogen (secondary N) is 1. The number of rotatable bonds is 5. The molecule has 1 aromatic carbocycles. The number of aliphatic hydroxyl groups is 1. The smallest absolute Gasteiger partial charge is 0.407 e. The van der Waals surface area contributed by atoms with Crippen LogP contribution in [0.5, 0.6) is 0 Å². The number of hydrogen-bond donors (Lipinski definition) is 2. The Balaban J connectivity index is 2.05. The minimum absolute atomic E-state index is 0.250. The summed E-state index contributed by atoms with van der Waals surface area (Å²) in [6.45, 7) is 5.65. The Morgan fingerprint density at radius 2 is 1.92 bits per heavy atom. The Bertz CT molecular complexity index is 820. The highest BCUT2D eigenvalue weighted by molar-refractivity contribution is 5.68. The van der Waals surface area contributed by atoms with Crippen molar-refractivity contribution in [3.8, 4) is 11.1 Å². The summed E-state index contributed by atoms with van der Waals surface area (Å²) in [5.41, 5.74) is 1.90. The first-order valence-corrected chi connectivity index (χ1v) is 8.43. The number of benzene rings is 1. The van der Waals surface area contributed by atoms with Gasteiger partial charge in [0.05, 0.1) is 18.4 Å². The highest BCUT2D eigenvalue weighted by Crippen LogP contribution is 2.20. The first kappa shape index (κ1) is 19.7. The zero-order valence-corrected chi connectivity index (χ0v) is 15.6. The van der Waals surface area contributed by atoms with Gasteiger partial charge in [-0.05, 0) is 38.3 Å². The molecule has 0 fully saturated rings. The van der Waals surface area contributed by atoms with Gasteiger partial charge in [0.2, 0.25) is 0 Å². The van der Waals surface area contributed by atoms with Crippen LogP contribution in [0.3, 0.4) is 0 Å². The van der Waals surface area contributed by atoms with Gasteiger partial charge in [-0.15, -0.1) is 0 Å². The summed E-state index contributed by atoms with van der Waals surface area (Å²) in [4.78, 5) is 24.0. The van der Waals surface area contributed by atoms with Crippen molar-refractivity contribution in [2.24, 2.45) is 7.05 Å². The number of hydrogen-bond acceptors (Lipinski definition) is 5. The fourth-order valence-corrected chi connectivity index (χ4v) is 2.46. The molecule has 0 unspecified atom stereocenters. The predicted molar refractivity (Wildman–Crippen MR) is 98.8 cm³/mol. The number of nitrogens with zero attached hydrogens (tertiary/aromatic N) is 2. The number of carbonyl (C=O) groups excluding carboxylic acids is 1. The van der Waals surface area contributed by atoms with Crippen molar-refractivity contribution in [3.05, 3.63) is 51.9 Å². The van der Waals surface area contributed by atoms with Crippen LogP contribution in [0.2, 0.25) is 0 Å². The molecular formula is C19H25N3O4. The zero-order valence-electron chi connectivity index (χ0n) is 15.6. The Kier molecular flexibility index (Phi) is 6.15. The van der Waals surface area contributed by atoms with Gasteiger partial charge in [0, 0.05) is 19.2 Å². The summed E-state index contributed by atoms with van der Waals surface area (Å²) in [5.74, 6) is 0. The van der Waals surface area contributed by atoms with E-state index in [1.54, 1.807) is 7.05 Å². The van der Waals surface area contributed by atoms with E-state index in [0.29, 0.717) is 24.1 Å². The molecule has 2 rings (SSSR count). The average molecular weight is 359 g/mol. The molecule has 0 radical (unpaired) electrons. The Labute approximate surface area is 152 Å². The minimum atomic E-state index is -0.521. The molecule has 140 valence electrons. The maximum Gasteiger partial charge on any atom is 0.407 e. The van der Waals surface area contributed by atoms with Crippen molar-refractivity contribution in [2.75, 3.05) is 6.54 Å². The van der Waals surface area contributed by atoms with E-state index in [-0.39, 0.29) is 12.2 Å². The number of amides is 1. The van der Waals surface area contributed by atoms with Gasteiger partial charge in [-0.3, -0.25) is 4.79 Å². The lowest BCUT2D eigenvalue weighted by Gasteiger charge is -2.19. The lowest BCUT2D eigenvalue weighted by atomic mass is 10.0. The summed E-state index contributed by atoms with van der Waals surface area (Å²) >= 11 is 0. The molecular weight excluding hydrogens is 334 g/mol.